The van der Waals surface area contributed by atoms with E-state index in [1.165, 1.54) is 31.2 Å². The highest BCUT2D eigenvalue weighted by Crippen LogP contribution is 2.20. The van der Waals surface area contributed by atoms with Gasteiger partial charge < -0.3 is 9.32 Å². The van der Waals surface area contributed by atoms with Crippen molar-refractivity contribution >= 4 is 35.8 Å². The van der Waals surface area contributed by atoms with Gasteiger partial charge in [0.15, 0.2) is 0 Å². The fourth-order valence-corrected chi connectivity index (χ4v) is 2.62. The zero-order valence-corrected chi connectivity index (χ0v) is 16.1. The largest absolute Gasteiger partial charge is 0.460 e. The molecule has 0 bridgehead atoms. The van der Waals surface area contributed by atoms with Crippen LogP contribution >= 0.6 is 24.8 Å². The van der Waals surface area contributed by atoms with Crippen molar-refractivity contribution < 1.29 is 4.42 Å². The lowest BCUT2D eigenvalue weighted by Gasteiger charge is -2.19. The average molecular weight is 361 g/mol. The molecule has 0 amide bonds. The van der Waals surface area contributed by atoms with Gasteiger partial charge in [0.05, 0.1) is 6.54 Å². The number of halogens is 2. The van der Waals surface area contributed by atoms with Gasteiger partial charge >= 0.3 is 0 Å². The molecule has 0 aliphatic carbocycles. The van der Waals surface area contributed by atoms with Crippen LogP contribution < -0.4 is 0 Å². The highest BCUT2D eigenvalue weighted by atomic mass is 35.5. The van der Waals surface area contributed by atoms with Crippen LogP contribution in [0.4, 0.5) is 0 Å². The summed E-state index contributed by atoms with van der Waals surface area (Å²) in [4.78, 5) is 4.72. The highest BCUT2D eigenvalue weighted by molar-refractivity contribution is 5.85. The number of hydrogen-bond acceptors (Lipinski definition) is 3. The second kappa shape index (κ2) is 11.7. The molecular weight excluding hydrogens is 331 g/mol. The molecule has 1 heterocycles. The van der Waals surface area contributed by atoms with Crippen molar-refractivity contribution in [2.75, 3.05) is 33.7 Å². The van der Waals surface area contributed by atoms with Gasteiger partial charge in [-0.15, -0.1) is 24.8 Å². The molecule has 0 unspecified atom stereocenters. The van der Waals surface area contributed by atoms with Crippen molar-refractivity contribution in [2.45, 2.75) is 32.7 Å². The maximum atomic E-state index is 5.91. The standard InChI is InChI=1S/C18H28N2O.2ClH/c1-4-20(13-9-5-8-12-19(2)3)15-17-14-16-10-6-7-11-18(16)21-17;;/h6-7,10-11,14H,4-5,8-9,12-13,15H2,1-3H3;2*1H. The number of rotatable bonds is 9. The van der Waals surface area contributed by atoms with Gasteiger partial charge in [0.25, 0.3) is 0 Å². The number of benzene rings is 1. The number of hydrogen-bond donors (Lipinski definition) is 0. The Kier molecular flexibility index (Phi) is 11.4. The van der Waals surface area contributed by atoms with Crippen molar-refractivity contribution in [3.63, 3.8) is 0 Å². The van der Waals surface area contributed by atoms with E-state index in [0.29, 0.717) is 0 Å². The van der Waals surface area contributed by atoms with Crippen molar-refractivity contribution in [1.29, 1.82) is 0 Å². The quantitative estimate of drug-likeness (QED) is 0.597. The second-order valence-corrected chi connectivity index (χ2v) is 5.98. The number of fused-ring (bicyclic) bond motifs is 1. The van der Waals surface area contributed by atoms with Gasteiger partial charge in [-0.25, -0.2) is 0 Å². The minimum atomic E-state index is 0. The van der Waals surface area contributed by atoms with Gasteiger partial charge in [-0.2, -0.15) is 0 Å². The Balaban J connectivity index is 0.00000242. The Morgan fingerprint density at radius 1 is 0.957 bits per heavy atom. The normalized spacial score (nSPS) is 10.8. The third kappa shape index (κ3) is 7.58. The topological polar surface area (TPSA) is 19.6 Å². The smallest absolute Gasteiger partial charge is 0.134 e. The maximum absolute atomic E-state index is 5.91. The molecule has 1 aromatic carbocycles. The van der Waals surface area contributed by atoms with Crippen molar-refractivity contribution in [2.24, 2.45) is 0 Å². The summed E-state index contributed by atoms with van der Waals surface area (Å²) >= 11 is 0. The molecule has 132 valence electrons. The zero-order chi connectivity index (χ0) is 15.1. The van der Waals surface area contributed by atoms with Gasteiger partial charge in [-0.05, 0) is 58.7 Å². The minimum Gasteiger partial charge on any atom is -0.460 e. The molecule has 0 aliphatic rings. The number of nitrogens with zero attached hydrogens (tertiary/aromatic N) is 2. The Morgan fingerprint density at radius 2 is 1.65 bits per heavy atom. The molecule has 0 radical (unpaired) electrons. The van der Waals surface area contributed by atoms with E-state index in [2.05, 4.69) is 49.0 Å². The van der Waals surface area contributed by atoms with Gasteiger partial charge in [0, 0.05) is 5.39 Å². The summed E-state index contributed by atoms with van der Waals surface area (Å²) in [5.41, 5.74) is 0.995. The first-order valence-corrected chi connectivity index (χ1v) is 8.03. The number of unbranched alkanes of at least 4 members (excludes halogenated alkanes) is 2. The van der Waals surface area contributed by atoms with Crippen LogP contribution in [0.25, 0.3) is 11.0 Å². The highest BCUT2D eigenvalue weighted by Gasteiger charge is 2.08. The van der Waals surface area contributed by atoms with Crippen LogP contribution in [0.1, 0.15) is 31.9 Å². The Bertz CT molecular complexity index is 510. The van der Waals surface area contributed by atoms with E-state index >= 15 is 0 Å². The molecule has 0 atom stereocenters. The molecule has 0 spiro atoms. The van der Waals surface area contributed by atoms with Crippen molar-refractivity contribution in [3.05, 3.63) is 36.1 Å². The van der Waals surface area contributed by atoms with E-state index in [-0.39, 0.29) is 24.8 Å². The van der Waals surface area contributed by atoms with Crippen LogP contribution in [0.15, 0.2) is 34.7 Å². The summed E-state index contributed by atoms with van der Waals surface area (Å²) in [7, 11) is 4.28. The number of para-hydroxylation sites is 1. The van der Waals surface area contributed by atoms with E-state index in [9.17, 15) is 0 Å². The maximum Gasteiger partial charge on any atom is 0.134 e. The van der Waals surface area contributed by atoms with E-state index in [1.54, 1.807) is 0 Å². The Morgan fingerprint density at radius 3 is 2.30 bits per heavy atom. The Labute approximate surface area is 152 Å². The molecule has 0 N–H and O–H groups in total. The molecule has 0 saturated heterocycles. The summed E-state index contributed by atoms with van der Waals surface area (Å²) < 4.78 is 5.91. The average Bonchev–Trinajstić information content (AvgIpc) is 2.87. The van der Waals surface area contributed by atoms with Gasteiger partial charge in [-0.1, -0.05) is 31.5 Å². The van der Waals surface area contributed by atoms with Crippen LogP contribution in [-0.2, 0) is 6.54 Å². The molecular formula is C18H30Cl2N2O. The van der Waals surface area contributed by atoms with E-state index in [4.69, 9.17) is 4.42 Å². The molecule has 2 rings (SSSR count). The molecule has 0 fully saturated rings. The fourth-order valence-electron chi connectivity index (χ4n) is 2.62. The first kappa shape index (κ1) is 22.3. The van der Waals surface area contributed by atoms with Gasteiger partial charge in [-0.3, -0.25) is 4.90 Å². The van der Waals surface area contributed by atoms with Crippen LogP contribution in [0.2, 0.25) is 0 Å². The molecule has 0 saturated carbocycles. The van der Waals surface area contributed by atoms with Crippen molar-refractivity contribution in [1.82, 2.24) is 9.80 Å². The molecule has 5 heteroatoms. The van der Waals surface area contributed by atoms with E-state index in [0.717, 1.165) is 31.0 Å². The van der Waals surface area contributed by atoms with Crippen LogP contribution in [0.3, 0.4) is 0 Å². The monoisotopic (exact) mass is 360 g/mol. The van der Waals surface area contributed by atoms with Crippen molar-refractivity contribution in [3.8, 4) is 0 Å². The van der Waals surface area contributed by atoms with E-state index < -0.39 is 0 Å². The second-order valence-electron chi connectivity index (χ2n) is 5.98. The minimum absolute atomic E-state index is 0. The third-order valence-corrected chi connectivity index (χ3v) is 3.88. The molecule has 0 aliphatic heterocycles. The lowest BCUT2D eigenvalue weighted by molar-refractivity contribution is 0.251. The summed E-state index contributed by atoms with van der Waals surface area (Å²) in [5, 5.41) is 1.20. The fraction of sp³-hybridized carbons (Fsp3) is 0.556. The van der Waals surface area contributed by atoms with Gasteiger partial charge in [0.2, 0.25) is 0 Å². The van der Waals surface area contributed by atoms with Crippen LogP contribution in [0.5, 0.6) is 0 Å². The summed E-state index contributed by atoms with van der Waals surface area (Å²) in [6.45, 7) is 6.56. The molecule has 23 heavy (non-hydrogen) atoms. The predicted molar refractivity (Wildman–Crippen MR) is 104 cm³/mol. The lowest BCUT2D eigenvalue weighted by atomic mass is 10.2. The van der Waals surface area contributed by atoms with Crippen LogP contribution in [-0.4, -0.2) is 43.5 Å². The molecule has 3 nitrogen and oxygen atoms in total. The van der Waals surface area contributed by atoms with Crippen LogP contribution in [0, 0.1) is 0 Å². The number of furan rings is 1. The van der Waals surface area contributed by atoms with Gasteiger partial charge in [0.1, 0.15) is 11.3 Å². The SMILES string of the molecule is CCN(CCCCCN(C)C)Cc1cc2ccccc2o1.Cl.Cl. The van der Waals surface area contributed by atoms with E-state index in [1.807, 2.05) is 12.1 Å². The summed E-state index contributed by atoms with van der Waals surface area (Å²) in [6.07, 6.45) is 3.85. The molecule has 2 aromatic rings. The zero-order valence-electron chi connectivity index (χ0n) is 14.5. The third-order valence-electron chi connectivity index (χ3n) is 3.88. The first-order chi connectivity index (χ1) is 10.2. The Hall–Kier alpha value is -0.740. The molecule has 1 aromatic heterocycles. The summed E-state index contributed by atoms with van der Waals surface area (Å²) in [5.74, 6) is 1.08. The first-order valence-electron chi connectivity index (χ1n) is 8.03. The predicted octanol–water partition coefficient (Wildman–Crippen LogP) is 4.83. The summed E-state index contributed by atoms with van der Waals surface area (Å²) in [6, 6.07) is 10.4. The lowest BCUT2D eigenvalue weighted by Crippen LogP contribution is -2.24.